The Bertz CT molecular complexity index is 460. The average molecular weight is 289 g/mol. The van der Waals surface area contributed by atoms with Crippen molar-refractivity contribution in [3.8, 4) is 0 Å². The van der Waals surface area contributed by atoms with Crippen molar-refractivity contribution in [3.05, 3.63) is 42.7 Å². The van der Waals surface area contributed by atoms with E-state index in [1.54, 1.807) is 12.1 Å². The van der Waals surface area contributed by atoms with E-state index in [2.05, 4.69) is 16.9 Å². The van der Waals surface area contributed by atoms with Gasteiger partial charge in [0.05, 0.1) is 0 Å². The molecule has 0 aromatic carbocycles. The molecule has 0 aliphatic rings. The standard InChI is InChI=1S/C16H23N3O2/c1-2-3-4-5-6-7-8-14(15(17)20)19-16(21)13-9-11-18-12-10-13/h2,9-12,14H,1,3-8H2,(H2,17,20)(H,19,21)/t14-/m0/s1. The molecule has 1 atom stereocenters. The third-order valence-electron chi connectivity index (χ3n) is 3.24. The van der Waals surface area contributed by atoms with Crippen LogP contribution in [0.15, 0.2) is 37.2 Å². The summed E-state index contributed by atoms with van der Waals surface area (Å²) in [5.74, 6) is -0.795. The Balaban J connectivity index is 2.38. The van der Waals surface area contributed by atoms with Crippen LogP contribution in [0, 0.1) is 0 Å². The lowest BCUT2D eigenvalue weighted by Crippen LogP contribution is -2.44. The van der Waals surface area contributed by atoms with Crippen LogP contribution in [-0.2, 0) is 4.79 Å². The van der Waals surface area contributed by atoms with Crippen molar-refractivity contribution in [2.45, 2.75) is 44.6 Å². The quantitative estimate of drug-likeness (QED) is 0.511. The lowest BCUT2D eigenvalue weighted by Gasteiger charge is -2.15. The first-order chi connectivity index (χ1) is 10.1. The second kappa shape index (κ2) is 9.69. The number of pyridine rings is 1. The SMILES string of the molecule is C=CCCCCCC[C@H](NC(=O)c1ccncc1)C(N)=O. The molecule has 1 aromatic heterocycles. The Morgan fingerprint density at radius 1 is 1.24 bits per heavy atom. The number of carbonyl (C=O) groups is 2. The first kappa shape index (κ1) is 16.9. The van der Waals surface area contributed by atoms with Gasteiger partial charge in [-0.25, -0.2) is 0 Å². The first-order valence-electron chi connectivity index (χ1n) is 7.26. The number of hydrogen-bond donors (Lipinski definition) is 2. The van der Waals surface area contributed by atoms with Crippen molar-refractivity contribution in [1.82, 2.24) is 10.3 Å². The molecule has 0 saturated carbocycles. The van der Waals surface area contributed by atoms with E-state index in [1.807, 2.05) is 6.08 Å². The maximum absolute atomic E-state index is 12.0. The predicted molar refractivity (Wildman–Crippen MR) is 82.6 cm³/mol. The smallest absolute Gasteiger partial charge is 0.252 e. The van der Waals surface area contributed by atoms with Crippen molar-refractivity contribution in [2.75, 3.05) is 0 Å². The summed E-state index contributed by atoms with van der Waals surface area (Å²) >= 11 is 0. The zero-order chi connectivity index (χ0) is 15.5. The maximum atomic E-state index is 12.0. The van der Waals surface area contributed by atoms with Gasteiger partial charge >= 0.3 is 0 Å². The summed E-state index contributed by atoms with van der Waals surface area (Å²) in [6.45, 7) is 3.68. The average Bonchev–Trinajstić information content (AvgIpc) is 2.50. The number of nitrogens with two attached hydrogens (primary N) is 1. The van der Waals surface area contributed by atoms with Crippen molar-refractivity contribution < 1.29 is 9.59 Å². The molecule has 0 aliphatic carbocycles. The summed E-state index contributed by atoms with van der Waals surface area (Å²) in [5.41, 5.74) is 5.82. The molecule has 1 rings (SSSR count). The minimum Gasteiger partial charge on any atom is -0.368 e. The zero-order valence-electron chi connectivity index (χ0n) is 12.3. The molecule has 2 amide bonds. The molecule has 21 heavy (non-hydrogen) atoms. The molecule has 5 nitrogen and oxygen atoms in total. The molecule has 0 fully saturated rings. The van der Waals surface area contributed by atoms with Gasteiger partial charge in [0.15, 0.2) is 0 Å². The van der Waals surface area contributed by atoms with E-state index in [0.717, 1.165) is 32.1 Å². The van der Waals surface area contributed by atoms with Crippen molar-refractivity contribution >= 4 is 11.8 Å². The number of rotatable bonds is 10. The Morgan fingerprint density at radius 2 is 1.90 bits per heavy atom. The fraction of sp³-hybridized carbons (Fsp3) is 0.438. The van der Waals surface area contributed by atoms with Crippen molar-refractivity contribution in [2.24, 2.45) is 5.73 Å². The Morgan fingerprint density at radius 3 is 2.52 bits per heavy atom. The van der Waals surface area contributed by atoms with Crippen LogP contribution in [0.25, 0.3) is 0 Å². The number of primary amides is 1. The summed E-state index contributed by atoms with van der Waals surface area (Å²) in [5, 5.41) is 2.68. The van der Waals surface area contributed by atoms with Crippen molar-refractivity contribution in [1.29, 1.82) is 0 Å². The molecular weight excluding hydrogens is 266 g/mol. The Hall–Kier alpha value is -2.17. The van der Waals surface area contributed by atoms with E-state index in [1.165, 1.54) is 12.4 Å². The van der Waals surface area contributed by atoms with Crippen LogP contribution in [-0.4, -0.2) is 22.8 Å². The minimum atomic E-state index is -0.620. The fourth-order valence-corrected chi connectivity index (χ4v) is 2.02. The maximum Gasteiger partial charge on any atom is 0.252 e. The summed E-state index contributed by atoms with van der Waals surface area (Å²) < 4.78 is 0. The van der Waals surface area contributed by atoms with Crippen LogP contribution in [0.1, 0.15) is 48.9 Å². The highest BCUT2D eigenvalue weighted by molar-refractivity contribution is 5.97. The number of hydrogen-bond acceptors (Lipinski definition) is 3. The summed E-state index contributed by atoms with van der Waals surface area (Å²) in [4.78, 5) is 27.2. The second-order valence-corrected chi connectivity index (χ2v) is 4.94. The molecule has 114 valence electrons. The Kier molecular flexibility index (Phi) is 7.79. The molecule has 0 saturated heterocycles. The lowest BCUT2D eigenvalue weighted by molar-refractivity contribution is -0.120. The zero-order valence-corrected chi connectivity index (χ0v) is 12.3. The van der Waals surface area contributed by atoms with Gasteiger partial charge in [0, 0.05) is 18.0 Å². The summed E-state index contributed by atoms with van der Waals surface area (Å²) in [6.07, 6.45) is 10.6. The molecule has 1 aromatic rings. The van der Waals surface area contributed by atoms with Crippen LogP contribution < -0.4 is 11.1 Å². The van der Waals surface area contributed by atoms with Gasteiger partial charge < -0.3 is 11.1 Å². The topological polar surface area (TPSA) is 85.1 Å². The fourth-order valence-electron chi connectivity index (χ4n) is 2.02. The number of allylic oxidation sites excluding steroid dienone is 1. The number of carbonyl (C=O) groups excluding carboxylic acids is 2. The highest BCUT2D eigenvalue weighted by atomic mass is 16.2. The van der Waals surface area contributed by atoms with Gasteiger partial charge in [-0.3, -0.25) is 14.6 Å². The number of nitrogens with zero attached hydrogens (tertiary/aromatic N) is 1. The molecule has 1 heterocycles. The van der Waals surface area contributed by atoms with E-state index in [0.29, 0.717) is 12.0 Å². The van der Waals surface area contributed by atoms with E-state index in [9.17, 15) is 9.59 Å². The van der Waals surface area contributed by atoms with Gasteiger partial charge in [0.25, 0.3) is 5.91 Å². The van der Waals surface area contributed by atoms with Crippen LogP contribution in [0.3, 0.4) is 0 Å². The largest absolute Gasteiger partial charge is 0.368 e. The van der Waals surface area contributed by atoms with E-state index in [-0.39, 0.29) is 5.91 Å². The molecule has 0 aliphatic heterocycles. The molecule has 0 unspecified atom stereocenters. The second-order valence-electron chi connectivity index (χ2n) is 4.94. The third-order valence-corrected chi connectivity index (χ3v) is 3.24. The summed E-state index contributed by atoms with van der Waals surface area (Å²) in [7, 11) is 0. The number of unbranched alkanes of at least 4 members (excludes halogenated alkanes) is 4. The predicted octanol–water partition coefficient (Wildman–Crippen LogP) is 2.19. The number of aromatic nitrogens is 1. The van der Waals surface area contributed by atoms with Crippen LogP contribution in [0.2, 0.25) is 0 Å². The van der Waals surface area contributed by atoms with Crippen LogP contribution >= 0.6 is 0 Å². The Labute approximate surface area is 125 Å². The number of nitrogens with one attached hydrogen (secondary N) is 1. The van der Waals surface area contributed by atoms with E-state index >= 15 is 0 Å². The molecular formula is C16H23N3O2. The highest BCUT2D eigenvalue weighted by Crippen LogP contribution is 2.08. The normalized spacial score (nSPS) is 11.6. The molecule has 3 N–H and O–H groups in total. The van der Waals surface area contributed by atoms with Crippen LogP contribution in [0.4, 0.5) is 0 Å². The molecule has 0 spiro atoms. The lowest BCUT2D eigenvalue weighted by atomic mass is 10.1. The first-order valence-corrected chi connectivity index (χ1v) is 7.26. The van der Waals surface area contributed by atoms with Crippen molar-refractivity contribution in [3.63, 3.8) is 0 Å². The minimum absolute atomic E-state index is 0.298. The van der Waals surface area contributed by atoms with Gasteiger partial charge in [-0.05, 0) is 31.4 Å². The van der Waals surface area contributed by atoms with Gasteiger partial charge in [-0.1, -0.05) is 25.3 Å². The highest BCUT2D eigenvalue weighted by Gasteiger charge is 2.18. The third kappa shape index (κ3) is 6.70. The van der Waals surface area contributed by atoms with Gasteiger partial charge in [0.1, 0.15) is 6.04 Å². The summed E-state index contributed by atoms with van der Waals surface area (Å²) in [6, 6.07) is 2.58. The monoisotopic (exact) mass is 289 g/mol. The van der Waals surface area contributed by atoms with Gasteiger partial charge in [-0.2, -0.15) is 0 Å². The molecule has 0 radical (unpaired) electrons. The van der Waals surface area contributed by atoms with E-state index < -0.39 is 11.9 Å². The van der Waals surface area contributed by atoms with Gasteiger partial charge in [-0.15, -0.1) is 6.58 Å². The molecule has 0 bridgehead atoms. The van der Waals surface area contributed by atoms with Gasteiger partial charge in [0.2, 0.25) is 5.91 Å². The molecule has 5 heteroatoms. The number of amides is 2. The van der Waals surface area contributed by atoms with Crippen LogP contribution in [0.5, 0.6) is 0 Å². The van der Waals surface area contributed by atoms with E-state index in [4.69, 9.17) is 5.73 Å².